The van der Waals surface area contributed by atoms with E-state index < -0.39 is 17.3 Å². The molecule has 2 unspecified atom stereocenters. The van der Waals surface area contributed by atoms with Gasteiger partial charge in [0.1, 0.15) is 17.7 Å². The van der Waals surface area contributed by atoms with Gasteiger partial charge in [0.2, 0.25) is 0 Å². The third-order valence-corrected chi connectivity index (χ3v) is 7.49. The SMILES string of the molecule is CCC1CN(Cc2cc(C(c3ccc(F)cc3C)C(C)(C)C(=O)O)ccc2C)Cc2ccccc2O1. The van der Waals surface area contributed by atoms with Crippen molar-refractivity contribution in [2.45, 2.75) is 66.2 Å². The molecule has 3 aromatic carbocycles. The zero-order valence-electron chi connectivity index (χ0n) is 21.8. The van der Waals surface area contributed by atoms with Crippen LogP contribution in [0.4, 0.5) is 4.39 Å². The second-order valence-corrected chi connectivity index (χ2v) is 10.6. The molecule has 0 saturated carbocycles. The Bertz CT molecular complexity index is 1250. The van der Waals surface area contributed by atoms with Gasteiger partial charge in [-0.15, -0.1) is 0 Å². The summed E-state index contributed by atoms with van der Waals surface area (Å²) in [5, 5.41) is 10.1. The number of aliphatic carboxylic acids is 1. The predicted molar refractivity (Wildman–Crippen MR) is 141 cm³/mol. The molecule has 0 saturated heterocycles. The van der Waals surface area contributed by atoms with Crippen LogP contribution in [0.1, 0.15) is 66.5 Å². The topological polar surface area (TPSA) is 49.8 Å². The molecule has 0 amide bonds. The molecule has 0 aromatic heterocycles. The number of carboxylic acid groups (broad SMARTS) is 1. The minimum atomic E-state index is -1.09. The molecule has 5 heteroatoms. The Balaban J connectivity index is 1.73. The minimum Gasteiger partial charge on any atom is -0.489 e. The van der Waals surface area contributed by atoms with E-state index in [1.807, 2.05) is 31.2 Å². The van der Waals surface area contributed by atoms with E-state index in [-0.39, 0.29) is 11.9 Å². The Morgan fingerprint density at radius 1 is 1.11 bits per heavy atom. The van der Waals surface area contributed by atoms with Crippen molar-refractivity contribution in [3.8, 4) is 5.75 Å². The molecule has 1 aliphatic heterocycles. The first-order chi connectivity index (χ1) is 17.1. The summed E-state index contributed by atoms with van der Waals surface area (Å²) in [6.45, 7) is 11.9. The van der Waals surface area contributed by atoms with Crippen LogP contribution in [-0.2, 0) is 17.9 Å². The van der Waals surface area contributed by atoms with Crippen molar-refractivity contribution < 1.29 is 19.0 Å². The smallest absolute Gasteiger partial charge is 0.310 e. The van der Waals surface area contributed by atoms with Crippen LogP contribution in [0.5, 0.6) is 5.75 Å². The van der Waals surface area contributed by atoms with Gasteiger partial charge in [-0.2, -0.15) is 0 Å². The summed E-state index contributed by atoms with van der Waals surface area (Å²) in [4.78, 5) is 14.8. The molecule has 0 fully saturated rings. The fourth-order valence-corrected chi connectivity index (χ4v) is 5.25. The van der Waals surface area contributed by atoms with E-state index in [2.05, 4.69) is 36.9 Å². The zero-order valence-corrected chi connectivity index (χ0v) is 21.8. The highest BCUT2D eigenvalue weighted by Gasteiger charge is 2.40. The van der Waals surface area contributed by atoms with Gasteiger partial charge in [0.05, 0.1) is 5.41 Å². The van der Waals surface area contributed by atoms with E-state index in [1.165, 1.54) is 17.7 Å². The molecule has 3 aromatic rings. The van der Waals surface area contributed by atoms with Crippen LogP contribution in [0, 0.1) is 25.1 Å². The van der Waals surface area contributed by atoms with Crippen LogP contribution < -0.4 is 4.74 Å². The van der Waals surface area contributed by atoms with E-state index in [9.17, 15) is 14.3 Å². The van der Waals surface area contributed by atoms with Gasteiger partial charge in [-0.25, -0.2) is 4.39 Å². The van der Waals surface area contributed by atoms with Gasteiger partial charge in [-0.3, -0.25) is 9.69 Å². The lowest BCUT2D eigenvalue weighted by Crippen LogP contribution is -2.33. The molecule has 0 bridgehead atoms. The Kier molecular flexibility index (Phi) is 7.51. The van der Waals surface area contributed by atoms with Crippen molar-refractivity contribution in [3.63, 3.8) is 0 Å². The summed E-state index contributed by atoms with van der Waals surface area (Å²) < 4.78 is 20.2. The number of aryl methyl sites for hydroxylation is 2. The second kappa shape index (κ2) is 10.4. The lowest BCUT2D eigenvalue weighted by atomic mass is 9.70. The van der Waals surface area contributed by atoms with Crippen molar-refractivity contribution in [1.29, 1.82) is 0 Å². The third kappa shape index (κ3) is 5.31. The average molecular weight is 490 g/mol. The maximum absolute atomic E-state index is 13.9. The molecule has 4 nitrogen and oxygen atoms in total. The van der Waals surface area contributed by atoms with Crippen molar-refractivity contribution >= 4 is 5.97 Å². The molecule has 0 spiro atoms. The largest absolute Gasteiger partial charge is 0.489 e. The number of fused-ring (bicyclic) bond motifs is 1. The first-order valence-corrected chi connectivity index (χ1v) is 12.7. The quantitative estimate of drug-likeness (QED) is 0.394. The number of rotatable bonds is 7. The van der Waals surface area contributed by atoms with E-state index in [0.717, 1.165) is 59.6 Å². The van der Waals surface area contributed by atoms with Crippen molar-refractivity contribution in [3.05, 3.63) is 99.9 Å². The molecule has 4 rings (SSSR count). The van der Waals surface area contributed by atoms with Crippen molar-refractivity contribution in [2.75, 3.05) is 6.54 Å². The standard InChI is InChI=1S/C31H36FNO3/c1-6-26-19-33(17-23-9-7-8-10-28(23)36-26)18-24-16-22(12-11-20(24)2)29(31(4,5)30(34)35)27-14-13-25(32)15-21(27)3/h7-16,26,29H,6,17-19H2,1-5H3,(H,34,35). The number of halogens is 1. The highest BCUT2D eigenvalue weighted by Crippen LogP contribution is 2.43. The molecule has 1 N–H and O–H groups in total. The molecule has 0 radical (unpaired) electrons. The monoisotopic (exact) mass is 489 g/mol. The average Bonchev–Trinajstić information content (AvgIpc) is 3.01. The normalized spacial score (nSPS) is 17.1. The van der Waals surface area contributed by atoms with Crippen LogP contribution >= 0.6 is 0 Å². The van der Waals surface area contributed by atoms with Gasteiger partial charge < -0.3 is 9.84 Å². The predicted octanol–water partition coefficient (Wildman–Crippen LogP) is 6.86. The van der Waals surface area contributed by atoms with E-state index in [0.29, 0.717) is 0 Å². The number of para-hydroxylation sites is 1. The van der Waals surface area contributed by atoms with Gasteiger partial charge in [0.25, 0.3) is 0 Å². The first kappa shape index (κ1) is 25.9. The lowest BCUT2D eigenvalue weighted by Gasteiger charge is -2.33. The Morgan fingerprint density at radius 2 is 1.86 bits per heavy atom. The number of carboxylic acids is 1. The third-order valence-electron chi connectivity index (χ3n) is 7.49. The number of hydrogen-bond acceptors (Lipinski definition) is 3. The maximum Gasteiger partial charge on any atom is 0.310 e. The molecule has 0 aliphatic carbocycles. The lowest BCUT2D eigenvalue weighted by molar-refractivity contribution is -0.147. The van der Waals surface area contributed by atoms with E-state index in [4.69, 9.17) is 4.74 Å². The summed E-state index contributed by atoms with van der Waals surface area (Å²) in [6, 6.07) is 19.1. The molecule has 190 valence electrons. The molecule has 2 atom stereocenters. The van der Waals surface area contributed by atoms with Gasteiger partial charge in [-0.05, 0) is 80.1 Å². The summed E-state index contributed by atoms with van der Waals surface area (Å²) in [7, 11) is 0. The Morgan fingerprint density at radius 3 is 2.56 bits per heavy atom. The fraction of sp³-hybridized carbons (Fsp3) is 0.387. The first-order valence-electron chi connectivity index (χ1n) is 12.7. The number of benzene rings is 3. The highest BCUT2D eigenvalue weighted by atomic mass is 19.1. The summed E-state index contributed by atoms with van der Waals surface area (Å²) >= 11 is 0. The number of hydrogen-bond donors (Lipinski definition) is 1. The van der Waals surface area contributed by atoms with Crippen LogP contribution in [0.2, 0.25) is 0 Å². The molecule has 1 aliphatic rings. The van der Waals surface area contributed by atoms with Crippen LogP contribution in [0.3, 0.4) is 0 Å². The van der Waals surface area contributed by atoms with E-state index in [1.54, 1.807) is 19.9 Å². The van der Waals surface area contributed by atoms with Crippen molar-refractivity contribution in [1.82, 2.24) is 4.90 Å². The van der Waals surface area contributed by atoms with E-state index >= 15 is 0 Å². The molecular formula is C31H36FNO3. The Hall–Kier alpha value is -3.18. The summed E-state index contributed by atoms with van der Waals surface area (Å²) in [6.07, 6.45) is 1.03. The fourth-order valence-electron chi connectivity index (χ4n) is 5.25. The summed E-state index contributed by atoms with van der Waals surface area (Å²) in [5.74, 6) is -0.675. The summed E-state index contributed by atoms with van der Waals surface area (Å²) in [5.41, 5.74) is 4.92. The maximum atomic E-state index is 13.9. The van der Waals surface area contributed by atoms with Gasteiger partial charge in [-0.1, -0.05) is 49.4 Å². The molecule has 1 heterocycles. The van der Waals surface area contributed by atoms with Gasteiger partial charge in [0, 0.05) is 31.1 Å². The van der Waals surface area contributed by atoms with Gasteiger partial charge >= 0.3 is 5.97 Å². The number of carbonyl (C=O) groups is 1. The molecule has 36 heavy (non-hydrogen) atoms. The number of ether oxygens (including phenoxy) is 1. The Labute approximate surface area is 213 Å². The van der Waals surface area contributed by atoms with Crippen LogP contribution in [-0.4, -0.2) is 28.6 Å². The highest BCUT2D eigenvalue weighted by molar-refractivity contribution is 5.76. The number of nitrogens with zero attached hydrogens (tertiary/aromatic N) is 1. The van der Waals surface area contributed by atoms with Crippen LogP contribution in [0.25, 0.3) is 0 Å². The van der Waals surface area contributed by atoms with Gasteiger partial charge in [0.15, 0.2) is 0 Å². The van der Waals surface area contributed by atoms with Crippen molar-refractivity contribution in [2.24, 2.45) is 5.41 Å². The second-order valence-electron chi connectivity index (χ2n) is 10.6. The zero-order chi connectivity index (χ0) is 26.0. The van der Waals surface area contributed by atoms with Crippen LogP contribution in [0.15, 0.2) is 60.7 Å². The molecular weight excluding hydrogens is 453 g/mol. The minimum absolute atomic E-state index is 0.109.